The van der Waals surface area contributed by atoms with Gasteiger partial charge in [0.2, 0.25) is 0 Å². The predicted molar refractivity (Wildman–Crippen MR) is 131 cm³/mol. The quantitative estimate of drug-likeness (QED) is 0.511. The van der Waals surface area contributed by atoms with Crippen LogP contribution in [0.25, 0.3) is 11.0 Å². The van der Waals surface area contributed by atoms with Gasteiger partial charge in [0, 0.05) is 37.3 Å². The van der Waals surface area contributed by atoms with Gasteiger partial charge in [0.1, 0.15) is 11.3 Å². The molecule has 5 nitrogen and oxygen atoms in total. The van der Waals surface area contributed by atoms with Crippen LogP contribution in [0.5, 0.6) is 0 Å². The summed E-state index contributed by atoms with van der Waals surface area (Å²) in [7, 11) is 0. The third-order valence-electron chi connectivity index (χ3n) is 5.95. The van der Waals surface area contributed by atoms with Crippen LogP contribution in [0.1, 0.15) is 30.7 Å². The minimum Gasteiger partial charge on any atom is -0.459 e. The summed E-state index contributed by atoms with van der Waals surface area (Å²) in [6, 6.07) is 18.5. The molecular formula is C25H31N3O2S. The van der Waals surface area contributed by atoms with Crippen LogP contribution in [-0.2, 0) is 4.74 Å². The van der Waals surface area contributed by atoms with E-state index in [-0.39, 0.29) is 6.04 Å². The molecule has 1 unspecified atom stereocenters. The number of nitrogens with zero attached hydrogens (tertiary/aromatic N) is 2. The van der Waals surface area contributed by atoms with Gasteiger partial charge in [-0.3, -0.25) is 4.90 Å². The molecule has 1 atom stereocenters. The van der Waals surface area contributed by atoms with Gasteiger partial charge in [0.05, 0.1) is 19.3 Å². The van der Waals surface area contributed by atoms with Gasteiger partial charge in [-0.25, -0.2) is 0 Å². The highest BCUT2D eigenvalue weighted by molar-refractivity contribution is 7.80. The van der Waals surface area contributed by atoms with E-state index in [1.165, 1.54) is 5.56 Å². The molecule has 1 aliphatic rings. The lowest BCUT2D eigenvalue weighted by Crippen LogP contribution is -2.41. The minimum absolute atomic E-state index is 0.0288. The molecule has 0 bridgehead atoms. The first-order chi connectivity index (χ1) is 15.1. The third kappa shape index (κ3) is 5.45. The minimum atomic E-state index is 0.0288. The number of para-hydroxylation sites is 2. The van der Waals surface area contributed by atoms with Crippen molar-refractivity contribution in [3.63, 3.8) is 0 Å². The molecular weight excluding hydrogens is 406 g/mol. The molecule has 0 radical (unpaired) electrons. The fraction of sp³-hybridized carbons (Fsp3) is 0.400. The summed E-state index contributed by atoms with van der Waals surface area (Å²) in [6.07, 6.45) is 1.03. The number of fused-ring (bicyclic) bond motifs is 1. The largest absolute Gasteiger partial charge is 0.459 e. The van der Waals surface area contributed by atoms with Gasteiger partial charge < -0.3 is 19.4 Å². The number of anilines is 1. The molecule has 4 rings (SSSR count). The normalized spacial score (nSPS) is 15.7. The van der Waals surface area contributed by atoms with Crippen LogP contribution in [0, 0.1) is 6.92 Å². The first-order valence-electron chi connectivity index (χ1n) is 11.0. The van der Waals surface area contributed by atoms with Crippen molar-refractivity contribution in [3.8, 4) is 0 Å². The number of nitrogens with one attached hydrogen (secondary N) is 1. The Bertz CT molecular complexity index is 980. The second-order valence-electron chi connectivity index (χ2n) is 8.11. The highest BCUT2D eigenvalue weighted by atomic mass is 32.1. The Kier molecular flexibility index (Phi) is 7.22. The summed E-state index contributed by atoms with van der Waals surface area (Å²) in [5, 5.41) is 5.31. The maximum absolute atomic E-state index is 6.18. The van der Waals surface area contributed by atoms with Gasteiger partial charge in [0.15, 0.2) is 5.11 Å². The number of hydrogen-bond donors (Lipinski definition) is 1. The van der Waals surface area contributed by atoms with Crippen LogP contribution in [0.2, 0.25) is 0 Å². The number of thiocarbonyl (C=S) groups is 1. The van der Waals surface area contributed by atoms with Crippen molar-refractivity contribution in [3.05, 3.63) is 65.9 Å². The molecule has 2 aromatic carbocycles. The van der Waals surface area contributed by atoms with Crippen molar-refractivity contribution in [2.75, 3.05) is 44.7 Å². The monoisotopic (exact) mass is 437 g/mol. The Hall–Kier alpha value is -2.41. The van der Waals surface area contributed by atoms with E-state index in [4.69, 9.17) is 21.4 Å². The Morgan fingerprint density at radius 3 is 2.65 bits per heavy atom. The number of aryl methyl sites for hydroxylation is 1. The van der Waals surface area contributed by atoms with Crippen molar-refractivity contribution in [1.82, 2.24) is 9.80 Å². The molecule has 0 aliphatic carbocycles. The van der Waals surface area contributed by atoms with Crippen LogP contribution in [-0.4, -0.2) is 54.3 Å². The van der Waals surface area contributed by atoms with E-state index in [9.17, 15) is 0 Å². The van der Waals surface area contributed by atoms with Crippen LogP contribution >= 0.6 is 12.2 Å². The first kappa shape index (κ1) is 21.8. The molecule has 3 aromatic rings. The Labute approximate surface area is 190 Å². The molecule has 1 aromatic heterocycles. The summed E-state index contributed by atoms with van der Waals surface area (Å²) < 4.78 is 11.6. The molecule has 0 spiro atoms. The number of furan rings is 1. The van der Waals surface area contributed by atoms with Crippen LogP contribution in [0.15, 0.2) is 59.0 Å². The highest BCUT2D eigenvalue weighted by Gasteiger charge is 2.23. The maximum Gasteiger partial charge on any atom is 0.174 e. The SMILES string of the molecule is Cc1ccccc1NC(=S)N(CCCN1CCOCC1)C(C)c1cc2ccccc2o1. The van der Waals surface area contributed by atoms with E-state index in [0.29, 0.717) is 0 Å². The van der Waals surface area contributed by atoms with Crippen molar-refractivity contribution in [2.24, 2.45) is 0 Å². The van der Waals surface area contributed by atoms with Crippen LogP contribution < -0.4 is 5.32 Å². The lowest BCUT2D eigenvalue weighted by molar-refractivity contribution is 0.0365. The predicted octanol–water partition coefficient (Wildman–Crippen LogP) is 5.22. The van der Waals surface area contributed by atoms with Gasteiger partial charge in [-0.1, -0.05) is 36.4 Å². The molecule has 31 heavy (non-hydrogen) atoms. The average molecular weight is 438 g/mol. The number of morpholine rings is 1. The van der Waals surface area contributed by atoms with E-state index in [2.05, 4.69) is 53.2 Å². The first-order valence-corrected chi connectivity index (χ1v) is 11.4. The van der Waals surface area contributed by atoms with Crippen LogP contribution in [0.3, 0.4) is 0 Å². The van der Waals surface area contributed by atoms with Crippen molar-refractivity contribution in [2.45, 2.75) is 26.3 Å². The number of ether oxygens (including phenoxy) is 1. The van der Waals surface area contributed by atoms with E-state index in [1.54, 1.807) is 0 Å². The summed E-state index contributed by atoms with van der Waals surface area (Å²) >= 11 is 5.88. The Balaban J connectivity index is 1.50. The summed E-state index contributed by atoms with van der Waals surface area (Å²) in [5.74, 6) is 0.932. The summed E-state index contributed by atoms with van der Waals surface area (Å²) in [5.41, 5.74) is 3.13. The van der Waals surface area contributed by atoms with E-state index in [0.717, 1.165) is 73.3 Å². The van der Waals surface area contributed by atoms with Gasteiger partial charge >= 0.3 is 0 Å². The number of benzene rings is 2. The summed E-state index contributed by atoms with van der Waals surface area (Å²) in [6.45, 7) is 9.82. The lowest BCUT2D eigenvalue weighted by atomic mass is 10.1. The molecule has 6 heteroatoms. The zero-order valence-corrected chi connectivity index (χ0v) is 19.2. The second kappa shape index (κ2) is 10.3. The molecule has 1 fully saturated rings. The fourth-order valence-electron chi connectivity index (χ4n) is 4.02. The topological polar surface area (TPSA) is 40.9 Å². The Morgan fingerprint density at radius 2 is 1.87 bits per heavy atom. The van der Waals surface area contributed by atoms with E-state index < -0.39 is 0 Å². The maximum atomic E-state index is 6.18. The molecule has 0 saturated carbocycles. The van der Waals surface area contributed by atoms with Gasteiger partial charge in [-0.15, -0.1) is 0 Å². The average Bonchev–Trinajstić information content (AvgIpc) is 3.23. The summed E-state index contributed by atoms with van der Waals surface area (Å²) in [4.78, 5) is 4.71. The zero-order chi connectivity index (χ0) is 21.6. The Morgan fingerprint density at radius 1 is 1.13 bits per heavy atom. The molecule has 2 heterocycles. The molecule has 1 aliphatic heterocycles. The number of rotatable bonds is 7. The third-order valence-corrected chi connectivity index (χ3v) is 6.29. The van der Waals surface area contributed by atoms with E-state index >= 15 is 0 Å². The van der Waals surface area contributed by atoms with E-state index in [1.807, 2.05) is 30.3 Å². The fourth-order valence-corrected chi connectivity index (χ4v) is 4.38. The molecule has 164 valence electrons. The second-order valence-corrected chi connectivity index (χ2v) is 8.50. The molecule has 1 saturated heterocycles. The highest BCUT2D eigenvalue weighted by Crippen LogP contribution is 2.28. The van der Waals surface area contributed by atoms with Crippen molar-refractivity contribution >= 4 is 34.0 Å². The molecule has 0 amide bonds. The zero-order valence-electron chi connectivity index (χ0n) is 18.3. The van der Waals surface area contributed by atoms with Gasteiger partial charge in [-0.2, -0.15) is 0 Å². The standard InChI is InChI=1S/C25H31N3O2S/c1-19-8-3-5-10-22(19)26-25(31)28(13-7-12-27-14-16-29-17-15-27)20(2)24-18-21-9-4-6-11-23(21)30-24/h3-6,8-11,18,20H,7,12-17H2,1-2H3,(H,26,31). The van der Waals surface area contributed by atoms with Crippen LogP contribution in [0.4, 0.5) is 5.69 Å². The van der Waals surface area contributed by atoms with Gasteiger partial charge in [-0.05, 0) is 56.2 Å². The lowest BCUT2D eigenvalue weighted by Gasteiger charge is -2.32. The van der Waals surface area contributed by atoms with Crippen molar-refractivity contribution < 1.29 is 9.15 Å². The smallest absolute Gasteiger partial charge is 0.174 e. The van der Waals surface area contributed by atoms with Crippen molar-refractivity contribution in [1.29, 1.82) is 0 Å². The number of hydrogen-bond acceptors (Lipinski definition) is 4. The van der Waals surface area contributed by atoms with Gasteiger partial charge in [0.25, 0.3) is 0 Å². The molecule has 1 N–H and O–H groups in total.